The Kier molecular flexibility index (Phi) is 2.28. The van der Waals surface area contributed by atoms with Crippen molar-refractivity contribution in [3.8, 4) is 0 Å². The molecule has 3 aromatic rings. The van der Waals surface area contributed by atoms with Gasteiger partial charge in [-0.05, 0) is 67.5 Å². The Morgan fingerprint density at radius 2 is 1.33 bits per heavy atom. The van der Waals surface area contributed by atoms with E-state index in [1.807, 2.05) is 6.92 Å². The SMILES string of the molecule is Cc1oc(C)c2c(c1C)c(C)c(C)c1cccc12. The van der Waals surface area contributed by atoms with Crippen LogP contribution in [-0.2, 0) is 0 Å². The van der Waals surface area contributed by atoms with Crippen molar-refractivity contribution in [1.29, 1.82) is 0 Å². The predicted molar refractivity (Wildman–Crippen MR) is 77.4 cm³/mol. The first-order valence-electron chi connectivity index (χ1n) is 6.40. The Bertz CT molecular complexity index is 775. The third-order valence-electron chi connectivity index (χ3n) is 4.24. The zero-order valence-electron chi connectivity index (χ0n) is 11.6. The van der Waals surface area contributed by atoms with Crippen LogP contribution in [0.25, 0.3) is 21.5 Å². The molecule has 0 N–H and O–H groups in total. The van der Waals surface area contributed by atoms with E-state index in [2.05, 4.69) is 45.9 Å². The maximum Gasteiger partial charge on any atom is 0.109 e. The highest BCUT2D eigenvalue weighted by Gasteiger charge is 2.15. The average molecular weight is 238 g/mol. The van der Waals surface area contributed by atoms with Gasteiger partial charge >= 0.3 is 0 Å². The number of fused-ring (bicyclic) bond motifs is 3. The highest BCUT2D eigenvalue weighted by molar-refractivity contribution is 6.13. The predicted octanol–water partition coefficient (Wildman–Crippen LogP) is 5.13. The third kappa shape index (κ3) is 1.28. The monoisotopic (exact) mass is 238 g/mol. The normalized spacial score (nSPS) is 11.6. The van der Waals surface area contributed by atoms with E-state index in [4.69, 9.17) is 4.42 Å². The third-order valence-corrected chi connectivity index (χ3v) is 4.24. The van der Waals surface area contributed by atoms with Gasteiger partial charge in [-0.15, -0.1) is 0 Å². The minimum atomic E-state index is 1.02. The second kappa shape index (κ2) is 3.61. The highest BCUT2D eigenvalue weighted by atomic mass is 16.3. The second-order valence-corrected chi connectivity index (χ2v) is 5.19. The van der Waals surface area contributed by atoms with Crippen molar-refractivity contribution >= 4 is 21.5 Å². The number of hydrogen-bond acceptors (Lipinski definition) is 1. The smallest absolute Gasteiger partial charge is 0.109 e. The van der Waals surface area contributed by atoms with Crippen LogP contribution in [0, 0.1) is 34.6 Å². The van der Waals surface area contributed by atoms with Crippen LogP contribution in [0.15, 0.2) is 22.6 Å². The first kappa shape index (κ1) is 11.3. The molecule has 0 atom stereocenters. The van der Waals surface area contributed by atoms with Gasteiger partial charge in [0.25, 0.3) is 0 Å². The van der Waals surface area contributed by atoms with Crippen LogP contribution in [0.2, 0.25) is 0 Å². The van der Waals surface area contributed by atoms with Crippen LogP contribution in [0.3, 0.4) is 0 Å². The van der Waals surface area contributed by atoms with E-state index in [0.717, 1.165) is 11.5 Å². The van der Waals surface area contributed by atoms with Crippen molar-refractivity contribution in [3.05, 3.63) is 46.4 Å². The molecule has 3 rings (SSSR count). The molecule has 0 radical (unpaired) electrons. The van der Waals surface area contributed by atoms with E-state index in [0.29, 0.717) is 0 Å². The molecular formula is C17H18O. The van der Waals surface area contributed by atoms with Gasteiger partial charge in [-0.3, -0.25) is 0 Å². The lowest BCUT2D eigenvalue weighted by Crippen LogP contribution is -1.94. The maximum atomic E-state index is 5.89. The molecule has 0 saturated heterocycles. The first-order chi connectivity index (χ1) is 8.52. The molecule has 18 heavy (non-hydrogen) atoms. The summed E-state index contributed by atoms with van der Waals surface area (Å²) in [4.78, 5) is 0. The van der Waals surface area contributed by atoms with E-state index >= 15 is 0 Å². The Morgan fingerprint density at radius 3 is 2.06 bits per heavy atom. The summed E-state index contributed by atoms with van der Waals surface area (Å²) in [6.07, 6.45) is 0. The second-order valence-electron chi connectivity index (χ2n) is 5.19. The number of rotatable bonds is 0. The van der Waals surface area contributed by atoms with Crippen molar-refractivity contribution < 1.29 is 4.42 Å². The Hall–Kier alpha value is -1.76. The fourth-order valence-corrected chi connectivity index (χ4v) is 3.04. The van der Waals surface area contributed by atoms with Gasteiger partial charge in [0.15, 0.2) is 0 Å². The molecule has 92 valence electrons. The van der Waals surface area contributed by atoms with Crippen LogP contribution in [-0.4, -0.2) is 0 Å². The average Bonchev–Trinajstić information content (AvgIpc) is 2.79. The topological polar surface area (TPSA) is 13.1 Å². The van der Waals surface area contributed by atoms with Crippen molar-refractivity contribution in [2.24, 2.45) is 0 Å². The van der Waals surface area contributed by atoms with Gasteiger partial charge in [-0.2, -0.15) is 0 Å². The molecular weight excluding hydrogens is 220 g/mol. The molecule has 0 aliphatic carbocycles. The van der Waals surface area contributed by atoms with E-state index < -0.39 is 0 Å². The molecule has 0 aliphatic heterocycles. The summed E-state index contributed by atoms with van der Waals surface area (Å²) in [5, 5.41) is 5.31. The van der Waals surface area contributed by atoms with Gasteiger partial charge < -0.3 is 4.42 Å². The van der Waals surface area contributed by atoms with E-state index in [1.54, 1.807) is 0 Å². The fourth-order valence-electron chi connectivity index (χ4n) is 3.04. The quantitative estimate of drug-likeness (QED) is 0.529. The summed E-state index contributed by atoms with van der Waals surface area (Å²) in [5.41, 5.74) is 4.03. The molecule has 1 heterocycles. The number of hydrogen-bond donors (Lipinski definition) is 0. The lowest BCUT2D eigenvalue weighted by atomic mass is 9.93. The zero-order chi connectivity index (χ0) is 13.0. The standard InChI is InChI=1S/C17H18O/c1-9-10(2)16-11(3)12(4)18-13(5)17(16)15-8-6-7-14(9)15/h6-8H,1-5H3. The van der Waals surface area contributed by atoms with Gasteiger partial charge in [-0.1, -0.05) is 18.2 Å². The van der Waals surface area contributed by atoms with Crippen LogP contribution < -0.4 is 0 Å². The van der Waals surface area contributed by atoms with Crippen LogP contribution in [0.5, 0.6) is 0 Å². The van der Waals surface area contributed by atoms with Crippen molar-refractivity contribution in [2.45, 2.75) is 34.6 Å². The first-order valence-corrected chi connectivity index (χ1v) is 6.40. The van der Waals surface area contributed by atoms with Gasteiger partial charge in [0.1, 0.15) is 11.5 Å². The number of aryl methyl sites for hydroxylation is 5. The summed E-state index contributed by atoms with van der Waals surface area (Å²) in [6.45, 7) is 10.7. The summed E-state index contributed by atoms with van der Waals surface area (Å²) in [5.74, 6) is 2.04. The number of benzene rings is 1. The zero-order valence-corrected chi connectivity index (χ0v) is 11.6. The minimum absolute atomic E-state index is 1.02. The molecule has 1 nitrogen and oxygen atoms in total. The Labute approximate surface area is 107 Å². The molecule has 0 unspecified atom stereocenters. The molecule has 1 heteroatoms. The van der Waals surface area contributed by atoms with E-state index in [9.17, 15) is 0 Å². The molecule has 0 saturated carbocycles. The molecule has 0 spiro atoms. The Morgan fingerprint density at radius 1 is 0.667 bits per heavy atom. The summed E-state index contributed by atoms with van der Waals surface area (Å²) < 4.78 is 5.89. The van der Waals surface area contributed by atoms with Crippen LogP contribution in [0.4, 0.5) is 0 Å². The molecule has 0 bridgehead atoms. The molecule has 0 aliphatic rings. The van der Waals surface area contributed by atoms with Crippen molar-refractivity contribution in [2.75, 3.05) is 0 Å². The lowest BCUT2D eigenvalue weighted by Gasteiger charge is -2.15. The summed E-state index contributed by atoms with van der Waals surface area (Å²) in [6, 6.07) is 6.53. The lowest BCUT2D eigenvalue weighted by molar-refractivity contribution is 0.490. The minimum Gasteiger partial charge on any atom is -0.466 e. The van der Waals surface area contributed by atoms with Crippen LogP contribution in [0.1, 0.15) is 28.2 Å². The van der Waals surface area contributed by atoms with Gasteiger partial charge in [0.05, 0.1) is 0 Å². The largest absolute Gasteiger partial charge is 0.466 e. The summed E-state index contributed by atoms with van der Waals surface area (Å²) >= 11 is 0. The molecule has 2 aromatic carbocycles. The Balaban J connectivity index is 2.74. The fraction of sp³-hybridized carbons (Fsp3) is 0.294. The van der Waals surface area contributed by atoms with Gasteiger partial charge in [0, 0.05) is 5.39 Å². The molecule has 0 fully saturated rings. The highest BCUT2D eigenvalue weighted by Crippen LogP contribution is 2.37. The molecule has 0 amide bonds. The van der Waals surface area contributed by atoms with Gasteiger partial charge in [-0.25, -0.2) is 0 Å². The van der Waals surface area contributed by atoms with E-state index in [1.165, 1.54) is 38.2 Å². The van der Waals surface area contributed by atoms with Crippen molar-refractivity contribution in [3.63, 3.8) is 0 Å². The van der Waals surface area contributed by atoms with Crippen LogP contribution >= 0.6 is 0 Å². The summed E-state index contributed by atoms with van der Waals surface area (Å²) in [7, 11) is 0. The van der Waals surface area contributed by atoms with Crippen molar-refractivity contribution in [1.82, 2.24) is 0 Å². The van der Waals surface area contributed by atoms with Gasteiger partial charge in [0.2, 0.25) is 0 Å². The maximum absolute atomic E-state index is 5.89. The molecule has 1 aromatic heterocycles. The van der Waals surface area contributed by atoms with E-state index in [-0.39, 0.29) is 0 Å².